The van der Waals surface area contributed by atoms with Crippen molar-refractivity contribution in [1.29, 1.82) is 0 Å². The molecule has 0 aliphatic heterocycles. The molecule has 2 saturated carbocycles. The van der Waals surface area contributed by atoms with Gasteiger partial charge in [-0.2, -0.15) is 0 Å². The smallest absolute Gasteiger partial charge is 0.0297 e. The van der Waals surface area contributed by atoms with Gasteiger partial charge >= 0.3 is 0 Å². The van der Waals surface area contributed by atoms with Crippen LogP contribution in [0.5, 0.6) is 0 Å². The van der Waals surface area contributed by atoms with Crippen molar-refractivity contribution in [3.05, 3.63) is 0 Å². The summed E-state index contributed by atoms with van der Waals surface area (Å²) in [5.41, 5.74) is 0.820. The highest BCUT2D eigenvalue weighted by Crippen LogP contribution is 2.48. The molecule has 0 heteroatoms. The molecule has 1 spiro atoms. The maximum Gasteiger partial charge on any atom is -0.0297 e. The minimum atomic E-state index is 0.820. The third-order valence-electron chi connectivity index (χ3n) is 5.03. The maximum atomic E-state index is 2.34. The Hall–Kier alpha value is 0. The van der Waals surface area contributed by atoms with Crippen LogP contribution >= 0.6 is 0 Å². The number of rotatable bonds is 2. The first kappa shape index (κ1) is 11.5. The van der Waals surface area contributed by atoms with Crippen molar-refractivity contribution in [2.24, 2.45) is 11.3 Å². The molecule has 2 fully saturated rings. The number of hydrogen-bond acceptors (Lipinski definition) is 0. The lowest BCUT2D eigenvalue weighted by atomic mass is 9.66. The van der Waals surface area contributed by atoms with Crippen molar-refractivity contribution in [3.63, 3.8) is 0 Å². The molecule has 2 rings (SSSR count). The second-order valence-corrected chi connectivity index (χ2v) is 6.15. The fourth-order valence-electron chi connectivity index (χ4n) is 3.97. The summed E-state index contributed by atoms with van der Waals surface area (Å²) < 4.78 is 0. The van der Waals surface area contributed by atoms with Gasteiger partial charge in [0.25, 0.3) is 0 Å². The second-order valence-electron chi connectivity index (χ2n) is 6.15. The highest BCUT2D eigenvalue weighted by Gasteiger charge is 2.34. The van der Waals surface area contributed by atoms with E-state index in [1.807, 2.05) is 0 Å². The summed E-state index contributed by atoms with van der Waals surface area (Å²) in [7, 11) is 0. The van der Waals surface area contributed by atoms with Crippen LogP contribution in [0.2, 0.25) is 0 Å². The fraction of sp³-hybridized carbons (Fsp3) is 1.00. The molecule has 0 radical (unpaired) electrons. The van der Waals surface area contributed by atoms with E-state index in [1.165, 1.54) is 38.5 Å². The van der Waals surface area contributed by atoms with Gasteiger partial charge in [0.1, 0.15) is 0 Å². The Morgan fingerprint density at radius 3 is 2.00 bits per heavy atom. The summed E-state index contributed by atoms with van der Waals surface area (Å²) in [6.07, 6.45) is 18.3. The first-order valence-electron chi connectivity index (χ1n) is 7.35. The van der Waals surface area contributed by atoms with Gasteiger partial charge < -0.3 is 0 Å². The lowest BCUT2D eigenvalue weighted by Crippen LogP contribution is -2.27. The number of hydrogen-bond donors (Lipinski definition) is 0. The molecule has 0 saturated heterocycles. The molecule has 2 aliphatic carbocycles. The molecule has 2 aliphatic rings. The van der Waals surface area contributed by atoms with Gasteiger partial charge in [0.15, 0.2) is 0 Å². The molecular weight excluding hydrogens is 180 g/mol. The van der Waals surface area contributed by atoms with Gasteiger partial charge in [-0.05, 0) is 49.9 Å². The van der Waals surface area contributed by atoms with Gasteiger partial charge in [-0.25, -0.2) is 0 Å². The van der Waals surface area contributed by atoms with Crippen LogP contribution in [0.4, 0.5) is 0 Å². The minimum absolute atomic E-state index is 0.820. The molecule has 0 amide bonds. The van der Waals surface area contributed by atoms with E-state index < -0.39 is 0 Å². The summed E-state index contributed by atoms with van der Waals surface area (Å²) >= 11 is 0. The van der Waals surface area contributed by atoms with Crippen molar-refractivity contribution in [1.82, 2.24) is 0 Å². The van der Waals surface area contributed by atoms with Crippen LogP contribution in [-0.4, -0.2) is 0 Å². The molecule has 0 nitrogen and oxygen atoms in total. The van der Waals surface area contributed by atoms with E-state index in [-0.39, 0.29) is 0 Å². The fourth-order valence-corrected chi connectivity index (χ4v) is 3.97. The van der Waals surface area contributed by atoms with Crippen LogP contribution in [0.3, 0.4) is 0 Å². The molecule has 0 bridgehead atoms. The Kier molecular flexibility index (Phi) is 4.11. The summed E-state index contributed by atoms with van der Waals surface area (Å²) in [4.78, 5) is 0. The standard InChI is InChI=1S/C15H28/c1-2-7-14-8-12-15(13-9-14)10-5-3-4-6-11-15/h14H,2-13H2,1H3. The average Bonchev–Trinajstić information content (AvgIpc) is 2.49. The topological polar surface area (TPSA) is 0 Å². The maximum absolute atomic E-state index is 2.34. The lowest BCUT2D eigenvalue weighted by Gasteiger charge is -2.40. The zero-order chi connectivity index (χ0) is 10.6. The first-order chi connectivity index (χ1) is 7.35. The molecule has 0 aromatic carbocycles. The predicted molar refractivity (Wildman–Crippen MR) is 67.0 cm³/mol. The van der Waals surface area contributed by atoms with E-state index in [9.17, 15) is 0 Å². The Labute approximate surface area is 95.8 Å². The van der Waals surface area contributed by atoms with Crippen LogP contribution in [0.25, 0.3) is 0 Å². The lowest BCUT2D eigenvalue weighted by molar-refractivity contribution is 0.122. The van der Waals surface area contributed by atoms with Gasteiger partial charge in [0, 0.05) is 0 Å². The van der Waals surface area contributed by atoms with E-state index >= 15 is 0 Å². The SMILES string of the molecule is CCCC1CCC2(CCCCCC2)CC1. The zero-order valence-electron chi connectivity index (χ0n) is 10.6. The van der Waals surface area contributed by atoms with Crippen molar-refractivity contribution in [3.8, 4) is 0 Å². The van der Waals surface area contributed by atoms with Crippen LogP contribution in [-0.2, 0) is 0 Å². The molecule has 15 heavy (non-hydrogen) atoms. The van der Waals surface area contributed by atoms with Crippen molar-refractivity contribution in [2.45, 2.75) is 84.0 Å². The molecule has 0 heterocycles. The van der Waals surface area contributed by atoms with E-state index in [1.54, 1.807) is 38.5 Å². The highest BCUT2D eigenvalue weighted by atomic mass is 14.4. The minimum Gasteiger partial charge on any atom is -0.0654 e. The van der Waals surface area contributed by atoms with Crippen molar-refractivity contribution >= 4 is 0 Å². The Morgan fingerprint density at radius 1 is 0.867 bits per heavy atom. The molecule has 0 N–H and O–H groups in total. The third-order valence-corrected chi connectivity index (χ3v) is 5.03. The van der Waals surface area contributed by atoms with E-state index in [4.69, 9.17) is 0 Å². The summed E-state index contributed by atoms with van der Waals surface area (Å²) in [5, 5.41) is 0. The summed E-state index contributed by atoms with van der Waals surface area (Å²) in [6, 6.07) is 0. The zero-order valence-corrected chi connectivity index (χ0v) is 10.6. The van der Waals surface area contributed by atoms with Gasteiger partial charge in [-0.15, -0.1) is 0 Å². The van der Waals surface area contributed by atoms with Crippen LogP contribution in [0, 0.1) is 11.3 Å². The quantitative estimate of drug-likeness (QED) is 0.576. The first-order valence-corrected chi connectivity index (χ1v) is 7.35. The van der Waals surface area contributed by atoms with Crippen molar-refractivity contribution < 1.29 is 0 Å². The van der Waals surface area contributed by atoms with Crippen LogP contribution < -0.4 is 0 Å². The van der Waals surface area contributed by atoms with E-state index in [0.29, 0.717) is 0 Å². The summed E-state index contributed by atoms with van der Waals surface area (Å²) in [6.45, 7) is 2.34. The van der Waals surface area contributed by atoms with Gasteiger partial charge in [0.05, 0.1) is 0 Å². The molecule has 88 valence electrons. The monoisotopic (exact) mass is 208 g/mol. The van der Waals surface area contributed by atoms with Gasteiger partial charge in [-0.1, -0.05) is 45.4 Å². The van der Waals surface area contributed by atoms with Crippen molar-refractivity contribution in [2.75, 3.05) is 0 Å². The van der Waals surface area contributed by atoms with Gasteiger partial charge in [0.2, 0.25) is 0 Å². The molecule has 0 unspecified atom stereocenters. The molecule has 0 aromatic heterocycles. The normalized spacial score (nSPS) is 27.8. The van der Waals surface area contributed by atoms with E-state index in [2.05, 4.69) is 6.92 Å². The third kappa shape index (κ3) is 2.98. The molecule has 0 aromatic rings. The van der Waals surface area contributed by atoms with Gasteiger partial charge in [-0.3, -0.25) is 0 Å². The largest absolute Gasteiger partial charge is 0.0654 e. The molecular formula is C15H28. The Morgan fingerprint density at radius 2 is 1.47 bits per heavy atom. The Bertz CT molecular complexity index is 164. The average molecular weight is 208 g/mol. The predicted octanol–water partition coefficient (Wildman–Crippen LogP) is 5.32. The van der Waals surface area contributed by atoms with E-state index in [0.717, 1.165) is 11.3 Å². The second kappa shape index (κ2) is 5.37. The van der Waals surface area contributed by atoms with Crippen LogP contribution in [0.1, 0.15) is 84.0 Å². The highest BCUT2D eigenvalue weighted by molar-refractivity contribution is 4.86. The van der Waals surface area contributed by atoms with Crippen LogP contribution in [0.15, 0.2) is 0 Å². The summed E-state index contributed by atoms with van der Waals surface area (Å²) in [5.74, 6) is 1.09. The molecule has 0 atom stereocenters. The Balaban J connectivity index is 1.84.